The summed E-state index contributed by atoms with van der Waals surface area (Å²) in [7, 11) is 0.823. The Balaban J connectivity index is 2.61. The molecule has 0 spiro atoms. The molecule has 0 N–H and O–H groups in total. The van der Waals surface area contributed by atoms with Gasteiger partial charge in [-0.25, -0.2) is 0 Å². The van der Waals surface area contributed by atoms with Crippen LogP contribution < -0.4 is 0 Å². The van der Waals surface area contributed by atoms with Gasteiger partial charge in [-0.2, -0.15) is 0 Å². The third-order valence-corrected chi connectivity index (χ3v) is 1.23. The molecular formula is C3H4NSi. The molecule has 0 saturated heterocycles. The Morgan fingerprint density at radius 1 is 1.80 bits per heavy atom. The first-order chi connectivity index (χ1) is 2.50. The maximum absolute atomic E-state index is 3.93. The second kappa shape index (κ2) is 1.26. The van der Waals surface area contributed by atoms with Crippen molar-refractivity contribution in [2.24, 2.45) is 4.63 Å². The molecule has 0 bridgehead atoms. The van der Waals surface area contributed by atoms with Gasteiger partial charge in [0.15, 0.2) is 9.31 Å². The molecule has 0 aromatic heterocycles. The van der Waals surface area contributed by atoms with Gasteiger partial charge < -0.3 is 4.63 Å². The average molecular weight is 82.2 g/mol. The zero-order chi connectivity index (χ0) is 3.54. The first-order valence-corrected chi connectivity index (χ1v) is 2.73. The van der Waals surface area contributed by atoms with E-state index >= 15 is 0 Å². The molecule has 0 unspecified atom stereocenters. The van der Waals surface area contributed by atoms with Gasteiger partial charge in [0.1, 0.15) is 0 Å². The van der Waals surface area contributed by atoms with Gasteiger partial charge in [-0.05, 0) is 6.04 Å². The van der Waals surface area contributed by atoms with Gasteiger partial charge in [-0.1, -0.05) is 6.08 Å². The normalized spacial score (nSPS) is 17.6. The average Bonchev–Trinajstić information content (AvgIpc) is 1.76. The summed E-state index contributed by atoms with van der Waals surface area (Å²) in [6, 6.07) is 1.18. The van der Waals surface area contributed by atoms with Crippen LogP contribution in [0.15, 0.2) is 16.9 Å². The zero-order valence-electron chi connectivity index (χ0n) is 2.81. The van der Waals surface area contributed by atoms with Crippen molar-refractivity contribution in [3.63, 3.8) is 0 Å². The summed E-state index contributed by atoms with van der Waals surface area (Å²) in [5, 5.41) is 0. The number of allylic oxidation sites excluding steroid dienone is 1. The minimum Gasteiger partial charge on any atom is -0.308 e. The van der Waals surface area contributed by atoms with Crippen LogP contribution in [0, 0.1) is 0 Å². The highest BCUT2D eigenvalue weighted by Gasteiger charge is 1.75. The first-order valence-electron chi connectivity index (χ1n) is 1.58. The topological polar surface area (TPSA) is 12.4 Å². The summed E-state index contributed by atoms with van der Waals surface area (Å²) in [5.41, 5.74) is 0. The van der Waals surface area contributed by atoms with Crippen LogP contribution in [-0.4, -0.2) is 9.31 Å². The predicted octanol–water partition coefficient (Wildman–Crippen LogP) is 0.820. The molecule has 0 atom stereocenters. The molecule has 5 heavy (non-hydrogen) atoms. The molecule has 0 aliphatic carbocycles. The Morgan fingerprint density at radius 2 is 2.80 bits per heavy atom. The number of hydrogen-bond acceptors (Lipinski definition) is 1. The van der Waals surface area contributed by atoms with Gasteiger partial charge >= 0.3 is 0 Å². The molecule has 1 radical (unpaired) electrons. The van der Waals surface area contributed by atoms with Gasteiger partial charge in [0.25, 0.3) is 0 Å². The molecule has 1 nitrogen and oxygen atoms in total. The molecule has 25 valence electrons. The quantitative estimate of drug-likeness (QED) is 0.384. The lowest BCUT2D eigenvalue weighted by atomic mass is 10.7. The van der Waals surface area contributed by atoms with Crippen molar-refractivity contribution in [1.82, 2.24) is 0 Å². The van der Waals surface area contributed by atoms with Gasteiger partial charge in [-0.15, -0.1) is 0 Å². The number of nitrogens with zero attached hydrogens (tertiary/aromatic N) is 1. The maximum atomic E-state index is 3.93. The van der Waals surface area contributed by atoms with E-state index in [9.17, 15) is 0 Å². The van der Waals surface area contributed by atoms with Gasteiger partial charge in [0.2, 0.25) is 0 Å². The Bertz CT molecular complexity index is 65.0. The Morgan fingerprint density at radius 3 is 3.00 bits per heavy atom. The van der Waals surface area contributed by atoms with Crippen molar-refractivity contribution in [2.45, 2.75) is 6.04 Å². The summed E-state index contributed by atoms with van der Waals surface area (Å²) in [4.78, 5) is 0. The van der Waals surface area contributed by atoms with Crippen LogP contribution in [0.1, 0.15) is 0 Å². The molecule has 0 saturated carbocycles. The van der Waals surface area contributed by atoms with Gasteiger partial charge in [0.05, 0.1) is 0 Å². The van der Waals surface area contributed by atoms with Crippen LogP contribution >= 0.6 is 0 Å². The summed E-state index contributed by atoms with van der Waals surface area (Å²) in [6.45, 7) is 0. The van der Waals surface area contributed by atoms with Crippen LogP contribution in [0.2, 0.25) is 6.04 Å². The fourth-order valence-corrected chi connectivity index (χ4v) is 0.791. The van der Waals surface area contributed by atoms with Crippen LogP contribution in [0.5, 0.6) is 0 Å². The Hall–Kier alpha value is -0.243. The third-order valence-electron chi connectivity index (χ3n) is 0.480. The van der Waals surface area contributed by atoms with Crippen molar-refractivity contribution >= 4 is 9.31 Å². The minimum absolute atomic E-state index is 0.823. The molecular weight excluding hydrogens is 78.1 g/mol. The third kappa shape index (κ3) is 0.512. The minimum atomic E-state index is 0.823. The van der Waals surface area contributed by atoms with E-state index in [0.717, 1.165) is 9.31 Å². The van der Waals surface area contributed by atoms with E-state index in [2.05, 4.69) is 10.7 Å². The van der Waals surface area contributed by atoms with Crippen molar-refractivity contribution in [2.75, 3.05) is 0 Å². The maximum Gasteiger partial charge on any atom is 0.161 e. The summed E-state index contributed by atoms with van der Waals surface area (Å²) in [5.74, 6) is 0. The fourth-order valence-electron chi connectivity index (χ4n) is 0.264. The predicted molar refractivity (Wildman–Crippen MR) is 22.1 cm³/mol. The van der Waals surface area contributed by atoms with Crippen molar-refractivity contribution in [3.05, 3.63) is 12.3 Å². The second-order valence-electron chi connectivity index (χ2n) is 0.876. The largest absolute Gasteiger partial charge is 0.308 e. The molecule has 0 aromatic carbocycles. The van der Waals surface area contributed by atoms with E-state index < -0.39 is 0 Å². The highest BCUT2D eigenvalue weighted by molar-refractivity contribution is 6.23. The molecule has 1 aliphatic heterocycles. The van der Waals surface area contributed by atoms with E-state index in [1.807, 2.05) is 6.20 Å². The lowest BCUT2D eigenvalue weighted by Crippen LogP contribution is -1.54. The van der Waals surface area contributed by atoms with Crippen molar-refractivity contribution in [1.29, 1.82) is 0 Å². The van der Waals surface area contributed by atoms with Gasteiger partial charge in [0, 0.05) is 6.20 Å². The van der Waals surface area contributed by atoms with E-state index in [-0.39, 0.29) is 0 Å². The molecule has 2 heteroatoms. The Kier molecular flexibility index (Phi) is 0.749. The van der Waals surface area contributed by atoms with Crippen molar-refractivity contribution < 1.29 is 0 Å². The van der Waals surface area contributed by atoms with Crippen LogP contribution in [-0.2, 0) is 0 Å². The lowest BCUT2D eigenvalue weighted by Gasteiger charge is -1.51. The Labute approximate surface area is 33.3 Å². The number of hydrogen-bond donors (Lipinski definition) is 0. The van der Waals surface area contributed by atoms with Crippen molar-refractivity contribution in [3.8, 4) is 0 Å². The molecule has 1 rings (SSSR count). The van der Waals surface area contributed by atoms with Crippen LogP contribution in [0.3, 0.4) is 0 Å². The highest BCUT2D eigenvalue weighted by Crippen LogP contribution is 1.86. The second-order valence-corrected chi connectivity index (χ2v) is 1.86. The van der Waals surface area contributed by atoms with E-state index in [4.69, 9.17) is 0 Å². The molecule has 0 fully saturated rings. The monoisotopic (exact) mass is 82.0 g/mol. The molecule has 0 amide bonds. The summed E-state index contributed by atoms with van der Waals surface area (Å²) >= 11 is 0. The SMILES string of the molecule is C1=CN=[Si]C1. The van der Waals surface area contributed by atoms with E-state index in [0.29, 0.717) is 0 Å². The zero-order valence-corrected chi connectivity index (χ0v) is 3.81. The standard InChI is InChI=1S/C3H4NSi/c1-2-4-5-3-1/h1-2H,3H2. The van der Waals surface area contributed by atoms with Crippen LogP contribution in [0.4, 0.5) is 0 Å². The smallest absolute Gasteiger partial charge is 0.161 e. The highest BCUT2D eigenvalue weighted by atomic mass is 28.2. The fraction of sp³-hybridized carbons (Fsp3) is 0.333. The van der Waals surface area contributed by atoms with Crippen LogP contribution in [0.25, 0.3) is 0 Å². The molecule has 1 aliphatic rings. The summed E-state index contributed by atoms with van der Waals surface area (Å²) < 4.78 is 3.93. The van der Waals surface area contributed by atoms with Gasteiger partial charge in [-0.3, -0.25) is 0 Å². The lowest BCUT2D eigenvalue weighted by molar-refractivity contribution is 1.65. The first kappa shape index (κ1) is 2.97. The molecule has 0 aromatic rings. The number of rotatable bonds is 0. The van der Waals surface area contributed by atoms with E-state index in [1.54, 1.807) is 0 Å². The van der Waals surface area contributed by atoms with E-state index in [1.165, 1.54) is 6.04 Å². The summed E-state index contributed by atoms with van der Waals surface area (Å²) in [6.07, 6.45) is 3.96. The molecule has 1 heterocycles.